The fraction of sp³-hybridized carbons (Fsp3) is 0.0714. The van der Waals surface area contributed by atoms with Crippen LogP contribution in [0, 0.1) is 5.82 Å². The van der Waals surface area contributed by atoms with E-state index in [1.165, 1.54) is 12.1 Å². The standard InChI is InChI=1S/C14H12FN5/c15-11-3-1-2-10(6-11)8-20-9-12(16)14(19-20)13-7-17-4-5-18-13/h1-7,9H,8,16H2. The molecule has 0 amide bonds. The van der Waals surface area contributed by atoms with Gasteiger partial charge < -0.3 is 5.73 Å². The molecule has 0 atom stereocenters. The number of halogens is 1. The van der Waals surface area contributed by atoms with Crippen molar-refractivity contribution >= 4 is 5.69 Å². The van der Waals surface area contributed by atoms with Crippen molar-refractivity contribution in [3.8, 4) is 11.4 Å². The number of nitrogens with zero attached hydrogens (tertiary/aromatic N) is 4. The second-order valence-corrected chi connectivity index (χ2v) is 4.35. The predicted octanol–water partition coefficient (Wildman–Crippen LogP) is 2.11. The summed E-state index contributed by atoms with van der Waals surface area (Å²) in [5.74, 6) is -0.267. The van der Waals surface area contributed by atoms with Crippen LogP contribution < -0.4 is 5.73 Å². The minimum Gasteiger partial charge on any atom is -0.396 e. The number of anilines is 1. The summed E-state index contributed by atoms with van der Waals surface area (Å²) in [6.45, 7) is 0.447. The maximum absolute atomic E-state index is 13.1. The van der Waals surface area contributed by atoms with Gasteiger partial charge in [-0.2, -0.15) is 5.10 Å². The highest BCUT2D eigenvalue weighted by Gasteiger charge is 2.10. The normalized spacial score (nSPS) is 10.7. The van der Waals surface area contributed by atoms with E-state index in [2.05, 4.69) is 15.1 Å². The highest BCUT2D eigenvalue weighted by molar-refractivity contribution is 5.68. The summed E-state index contributed by atoms with van der Waals surface area (Å²) < 4.78 is 14.8. The summed E-state index contributed by atoms with van der Waals surface area (Å²) in [5, 5.41) is 4.37. The van der Waals surface area contributed by atoms with Crippen LogP contribution in [0.3, 0.4) is 0 Å². The molecule has 1 aromatic carbocycles. The van der Waals surface area contributed by atoms with Gasteiger partial charge in [0.25, 0.3) is 0 Å². The van der Waals surface area contributed by atoms with Crippen LogP contribution in [0.5, 0.6) is 0 Å². The molecule has 3 aromatic rings. The molecular weight excluding hydrogens is 257 g/mol. The molecule has 20 heavy (non-hydrogen) atoms. The van der Waals surface area contributed by atoms with Crippen molar-refractivity contribution in [2.45, 2.75) is 6.54 Å². The van der Waals surface area contributed by atoms with Crippen LogP contribution in [0.1, 0.15) is 5.56 Å². The molecule has 0 unspecified atom stereocenters. The van der Waals surface area contributed by atoms with Crippen LogP contribution in [0.25, 0.3) is 11.4 Å². The van der Waals surface area contributed by atoms with Crippen LogP contribution in [0.2, 0.25) is 0 Å². The Labute approximate surface area is 114 Å². The first-order chi connectivity index (χ1) is 9.72. The van der Waals surface area contributed by atoms with Gasteiger partial charge in [-0.25, -0.2) is 4.39 Å². The number of benzene rings is 1. The number of rotatable bonds is 3. The van der Waals surface area contributed by atoms with Crippen molar-refractivity contribution in [3.05, 3.63) is 60.4 Å². The van der Waals surface area contributed by atoms with Crippen LogP contribution in [0.15, 0.2) is 49.1 Å². The summed E-state index contributed by atoms with van der Waals surface area (Å²) in [7, 11) is 0. The fourth-order valence-corrected chi connectivity index (χ4v) is 1.96. The van der Waals surface area contributed by atoms with E-state index < -0.39 is 0 Å². The van der Waals surface area contributed by atoms with Crippen LogP contribution in [-0.4, -0.2) is 19.7 Å². The molecule has 0 fully saturated rings. The van der Waals surface area contributed by atoms with E-state index >= 15 is 0 Å². The van der Waals surface area contributed by atoms with E-state index in [-0.39, 0.29) is 5.82 Å². The zero-order valence-corrected chi connectivity index (χ0v) is 10.6. The van der Waals surface area contributed by atoms with Gasteiger partial charge in [-0.1, -0.05) is 12.1 Å². The average Bonchev–Trinajstić information content (AvgIpc) is 2.80. The molecule has 0 aliphatic rings. The second kappa shape index (κ2) is 5.08. The smallest absolute Gasteiger partial charge is 0.135 e. The van der Waals surface area contributed by atoms with E-state index in [0.717, 1.165) is 5.56 Å². The number of nitrogen functional groups attached to an aromatic ring is 1. The molecule has 0 aliphatic heterocycles. The summed E-state index contributed by atoms with van der Waals surface area (Å²) >= 11 is 0. The minimum absolute atomic E-state index is 0.267. The lowest BCUT2D eigenvalue weighted by Gasteiger charge is -2.01. The van der Waals surface area contributed by atoms with Gasteiger partial charge in [-0.3, -0.25) is 14.6 Å². The van der Waals surface area contributed by atoms with Gasteiger partial charge >= 0.3 is 0 Å². The number of aromatic nitrogens is 4. The average molecular weight is 269 g/mol. The molecule has 2 heterocycles. The number of hydrogen-bond acceptors (Lipinski definition) is 4. The molecule has 0 aliphatic carbocycles. The van der Waals surface area contributed by atoms with Crippen molar-refractivity contribution in [1.82, 2.24) is 19.7 Å². The van der Waals surface area contributed by atoms with Crippen LogP contribution in [-0.2, 0) is 6.54 Å². The third kappa shape index (κ3) is 2.49. The molecular formula is C14H12FN5. The van der Waals surface area contributed by atoms with Gasteiger partial charge in [0.2, 0.25) is 0 Å². The molecule has 3 rings (SSSR count). The van der Waals surface area contributed by atoms with Crippen molar-refractivity contribution in [2.24, 2.45) is 0 Å². The Bertz CT molecular complexity index is 723. The highest BCUT2D eigenvalue weighted by atomic mass is 19.1. The van der Waals surface area contributed by atoms with Crippen molar-refractivity contribution in [1.29, 1.82) is 0 Å². The largest absolute Gasteiger partial charge is 0.396 e. The fourth-order valence-electron chi connectivity index (χ4n) is 1.96. The minimum atomic E-state index is -0.267. The molecule has 6 heteroatoms. The number of hydrogen-bond donors (Lipinski definition) is 1. The zero-order chi connectivity index (χ0) is 13.9. The van der Waals surface area contributed by atoms with E-state index in [1.54, 1.807) is 35.5 Å². The molecule has 5 nitrogen and oxygen atoms in total. The van der Waals surface area contributed by atoms with Gasteiger partial charge in [0.1, 0.15) is 17.2 Å². The van der Waals surface area contributed by atoms with Crippen LogP contribution in [0.4, 0.5) is 10.1 Å². The Morgan fingerprint density at radius 3 is 2.90 bits per heavy atom. The summed E-state index contributed by atoms with van der Waals surface area (Å²) in [5.41, 5.74) is 8.46. The number of nitrogens with two attached hydrogens (primary N) is 1. The third-order valence-corrected chi connectivity index (χ3v) is 2.83. The van der Waals surface area contributed by atoms with E-state index in [1.807, 2.05) is 6.07 Å². The van der Waals surface area contributed by atoms with Gasteiger partial charge in [0.15, 0.2) is 0 Å². The van der Waals surface area contributed by atoms with Gasteiger partial charge in [-0.05, 0) is 17.7 Å². The second-order valence-electron chi connectivity index (χ2n) is 4.35. The predicted molar refractivity (Wildman–Crippen MR) is 73.2 cm³/mol. The maximum Gasteiger partial charge on any atom is 0.135 e. The SMILES string of the molecule is Nc1cn(Cc2cccc(F)c2)nc1-c1cnccn1. The Balaban J connectivity index is 1.90. The first-order valence-electron chi connectivity index (χ1n) is 6.06. The Kier molecular flexibility index (Phi) is 3.12. The molecule has 0 spiro atoms. The van der Waals surface area contributed by atoms with Gasteiger partial charge in [0.05, 0.1) is 18.4 Å². The van der Waals surface area contributed by atoms with Crippen molar-refractivity contribution < 1.29 is 4.39 Å². The molecule has 0 bridgehead atoms. The van der Waals surface area contributed by atoms with E-state index in [4.69, 9.17) is 5.73 Å². The van der Waals surface area contributed by atoms with Crippen LogP contribution >= 0.6 is 0 Å². The topological polar surface area (TPSA) is 69.6 Å². The first-order valence-corrected chi connectivity index (χ1v) is 6.06. The highest BCUT2D eigenvalue weighted by Crippen LogP contribution is 2.21. The summed E-state index contributed by atoms with van der Waals surface area (Å²) in [4.78, 5) is 8.16. The monoisotopic (exact) mass is 269 g/mol. The molecule has 100 valence electrons. The van der Waals surface area contributed by atoms with E-state index in [0.29, 0.717) is 23.6 Å². The lowest BCUT2D eigenvalue weighted by atomic mass is 10.2. The Morgan fingerprint density at radius 2 is 2.15 bits per heavy atom. The molecule has 2 aromatic heterocycles. The third-order valence-electron chi connectivity index (χ3n) is 2.83. The molecule has 0 saturated heterocycles. The molecule has 2 N–H and O–H groups in total. The quantitative estimate of drug-likeness (QED) is 0.790. The first kappa shape index (κ1) is 12.3. The summed E-state index contributed by atoms with van der Waals surface area (Å²) in [6, 6.07) is 6.38. The van der Waals surface area contributed by atoms with E-state index in [9.17, 15) is 4.39 Å². The van der Waals surface area contributed by atoms with Crippen molar-refractivity contribution in [3.63, 3.8) is 0 Å². The van der Waals surface area contributed by atoms with Gasteiger partial charge in [-0.15, -0.1) is 0 Å². The Morgan fingerprint density at radius 1 is 1.25 bits per heavy atom. The molecule has 0 radical (unpaired) electrons. The molecule has 0 saturated carbocycles. The van der Waals surface area contributed by atoms with Gasteiger partial charge in [0, 0.05) is 18.6 Å². The summed E-state index contributed by atoms with van der Waals surface area (Å²) in [6.07, 6.45) is 6.48. The lowest BCUT2D eigenvalue weighted by molar-refractivity contribution is 0.619. The Hall–Kier alpha value is -2.76. The zero-order valence-electron chi connectivity index (χ0n) is 10.6. The van der Waals surface area contributed by atoms with Crippen molar-refractivity contribution in [2.75, 3.05) is 5.73 Å². The lowest BCUT2D eigenvalue weighted by Crippen LogP contribution is -2.00. The maximum atomic E-state index is 13.1.